The van der Waals surface area contributed by atoms with E-state index in [2.05, 4.69) is 18.1 Å². The van der Waals surface area contributed by atoms with Gasteiger partial charge in [-0.1, -0.05) is 12.2 Å². The predicted octanol–water partition coefficient (Wildman–Crippen LogP) is 1.71. The maximum atomic E-state index is 3.61. The van der Waals surface area contributed by atoms with E-state index in [1.165, 1.54) is 0 Å². The number of likely N-dealkylation sites (N-methyl/N-ethyl adjacent to an activating group) is 1. The Kier molecular flexibility index (Phi) is 9.89. The van der Waals surface area contributed by atoms with Gasteiger partial charge < -0.3 is 0 Å². The van der Waals surface area contributed by atoms with Crippen molar-refractivity contribution in [3.63, 3.8) is 0 Å². The van der Waals surface area contributed by atoms with Gasteiger partial charge in [-0.05, 0) is 7.05 Å². The summed E-state index contributed by atoms with van der Waals surface area (Å²) in [6.45, 7) is 9.09. The van der Waals surface area contributed by atoms with Gasteiger partial charge in [0.25, 0.3) is 0 Å². The summed E-state index contributed by atoms with van der Waals surface area (Å²) in [4.78, 5) is 2.12. The van der Waals surface area contributed by atoms with E-state index in [1.54, 1.807) is 0 Å². The van der Waals surface area contributed by atoms with E-state index in [0.29, 0.717) is 0 Å². The molecule has 0 radical (unpaired) electrons. The normalized spacial score (nSPS) is 8.22. The minimum Gasteiger partial charge on any atom is -0.299 e. The summed E-state index contributed by atoms with van der Waals surface area (Å²) in [7, 11) is 2.03. The summed E-state index contributed by atoms with van der Waals surface area (Å²) in [5.74, 6) is 0. The van der Waals surface area contributed by atoms with Crippen molar-refractivity contribution in [2.24, 2.45) is 0 Å². The van der Waals surface area contributed by atoms with E-state index < -0.39 is 0 Å². The molecule has 0 N–H and O–H groups in total. The van der Waals surface area contributed by atoms with E-state index >= 15 is 0 Å². The maximum absolute atomic E-state index is 3.61. The fourth-order valence-electron chi connectivity index (χ4n) is 0.515. The van der Waals surface area contributed by atoms with Crippen molar-refractivity contribution >= 4 is 12.4 Å². The first kappa shape index (κ1) is 11.5. The molecule has 0 saturated carbocycles. The van der Waals surface area contributed by atoms with Gasteiger partial charge in [0.05, 0.1) is 0 Å². The highest BCUT2D eigenvalue weighted by molar-refractivity contribution is 5.85. The van der Waals surface area contributed by atoms with Crippen molar-refractivity contribution in [3.05, 3.63) is 25.3 Å². The lowest BCUT2D eigenvalue weighted by Gasteiger charge is -2.09. The molecule has 54 valence electrons. The third kappa shape index (κ3) is 7.73. The van der Waals surface area contributed by atoms with Gasteiger partial charge in [-0.2, -0.15) is 0 Å². The molecule has 0 spiro atoms. The van der Waals surface area contributed by atoms with Gasteiger partial charge in [-0.3, -0.25) is 4.90 Å². The van der Waals surface area contributed by atoms with Gasteiger partial charge >= 0.3 is 0 Å². The van der Waals surface area contributed by atoms with Gasteiger partial charge in [0, 0.05) is 13.1 Å². The highest BCUT2D eigenvalue weighted by atomic mass is 35.5. The van der Waals surface area contributed by atoms with Gasteiger partial charge in [-0.25, -0.2) is 0 Å². The van der Waals surface area contributed by atoms with Crippen LogP contribution in [-0.2, 0) is 0 Å². The molecule has 9 heavy (non-hydrogen) atoms. The van der Waals surface area contributed by atoms with Crippen LogP contribution < -0.4 is 0 Å². The van der Waals surface area contributed by atoms with Crippen LogP contribution in [0.1, 0.15) is 0 Å². The van der Waals surface area contributed by atoms with Gasteiger partial charge in [0.2, 0.25) is 0 Å². The van der Waals surface area contributed by atoms with Crippen LogP contribution in [0, 0.1) is 0 Å². The topological polar surface area (TPSA) is 3.24 Å². The number of rotatable bonds is 4. The van der Waals surface area contributed by atoms with Crippen LogP contribution in [0.5, 0.6) is 0 Å². The van der Waals surface area contributed by atoms with Gasteiger partial charge in [-0.15, -0.1) is 25.6 Å². The van der Waals surface area contributed by atoms with Crippen LogP contribution in [0.4, 0.5) is 0 Å². The first-order valence-corrected chi connectivity index (χ1v) is 2.71. The third-order valence-electron chi connectivity index (χ3n) is 0.882. The highest BCUT2D eigenvalue weighted by Gasteiger charge is 1.86. The molecule has 0 aliphatic carbocycles. The number of halogens is 1. The Labute approximate surface area is 63.5 Å². The molecule has 0 bridgehead atoms. The zero-order chi connectivity index (χ0) is 6.41. The van der Waals surface area contributed by atoms with Crippen molar-refractivity contribution in [2.75, 3.05) is 20.1 Å². The van der Waals surface area contributed by atoms with Crippen molar-refractivity contribution < 1.29 is 0 Å². The minimum absolute atomic E-state index is 0. The second-order valence-electron chi connectivity index (χ2n) is 1.80. The molecule has 0 atom stereocenters. The average Bonchev–Trinajstić information content (AvgIpc) is 1.68. The smallest absolute Gasteiger partial charge is 0.0160 e. The van der Waals surface area contributed by atoms with Crippen LogP contribution in [0.25, 0.3) is 0 Å². The van der Waals surface area contributed by atoms with Gasteiger partial charge in [0.15, 0.2) is 0 Å². The van der Waals surface area contributed by atoms with Crippen LogP contribution in [0.2, 0.25) is 0 Å². The van der Waals surface area contributed by atoms with E-state index in [-0.39, 0.29) is 12.4 Å². The fourth-order valence-corrected chi connectivity index (χ4v) is 0.515. The second-order valence-corrected chi connectivity index (χ2v) is 1.80. The lowest BCUT2D eigenvalue weighted by Crippen LogP contribution is -2.17. The Balaban J connectivity index is 0. The molecule has 2 heteroatoms. The largest absolute Gasteiger partial charge is 0.299 e. The molecule has 0 unspecified atom stereocenters. The Morgan fingerprint density at radius 3 is 1.78 bits per heavy atom. The molecule has 1 nitrogen and oxygen atoms in total. The Bertz CT molecular complexity index is 71.0. The van der Waals surface area contributed by atoms with E-state index in [1.807, 2.05) is 19.2 Å². The van der Waals surface area contributed by atoms with Crippen molar-refractivity contribution in [1.29, 1.82) is 0 Å². The maximum Gasteiger partial charge on any atom is 0.0160 e. The number of hydrogen-bond acceptors (Lipinski definition) is 1. The van der Waals surface area contributed by atoms with Gasteiger partial charge in [0.1, 0.15) is 0 Å². The van der Waals surface area contributed by atoms with E-state index in [9.17, 15) is 0 Å². The molecule has 0 fully saturated rings. The molecule has 0 aromatic carbocycles. The SMILES string of the molecule is C=CCN(C)CC=C.Cl. The van der Waals surface area contributed by atoms with E-state index in [4.69, 9.17) is 0 Å². The average molecular weight is 148 g/mol. The Hall–Kier alpha value is -0.270. The highest BCUT2D eigenvalue weighted by Crippen LogP contribution is 1.80. The van der Waals surface area contributed by atoms with E-state index in [0.717, 1.165) is 13.1 Å². The molecule has 0 amide bonds. The first-order valence-electron chi connectivity index (χ1n) is 2.71. The summed E-state index contributed by atoms with van der Waals surface area (Å²) in [6.07, 6.45) is 3.76. The summed E-state index contributed by atoms with van der Waals surface area (Å²) >= 11 is 0. The third-order valence-corrected chi connectivity index (χ3v) is 0.882. The van der Waals surface area contributed by atoms with Crippen molar-refractivity contribution in [3.8, 4) is 0 Å². The van der Waals surface area contributed by atoms with Crippen molar-refractivity contribution in [2.45, 2.75) is 0 Å². The van der Waals surface area contributed by atoms with Crippen LogP contribution in [-0.4, -0.2) is 25.0 Å². The Morgan fingerprint density at radius 2 is 1.56 bits per heavy atom. The molecule has 0 saturated heterocycles. The zero-order valence-corrected chi connectivity index (χ0v) is 6.66. The molecule has 0 aliphatic rings. The first-order chi connectivity index (χ1) is 3.81. The quantitative estimate of drug-likeness (QED) is 0.548. The molecule has 0 rings (SSSR count). The molecule has 0 aromatic heterocycles. The summed E-state index contributed by atoms with van der Waals surface area (Å²) in [5, 5.41) is 0. The lowest BCUT2D eigenvalue weighted by atomic mass is 10.5. The second kappa shape index (κ2) is 7.73. The minimum atomic E-state index is 0. The monoisotopic (exact) mass is 147 g/mol. The van der Waals surface area contributed by atoms with Crippen molar-refractivity contribution in [1.82, 2.24) is 4.90 Å². The summed E-state index contributed by atoms with van der Waals surface area (Å²) in [5.41, 5.74) is 0. The summed E-state index contributed by atoms with van der Waals surface area (Å²) < 4.78 is 0. The predicted molar refractivity (Wildman–Crippen MR) is 45.1 cm³/mol. The Morgan fingerprint density at radius 1 is 1.22 bits per heavy atom. The number of nitrogens with zero attached hydrogens (tertiary/aromatic N) is 1. The molecule has 0 heterocycles. The standard InChI is InChI=1S/C7H13N.ClH/c1-4-6-8(3)7-5-2;/h4-5H,1-2,6-7H2,3H3;1H. The van der Waals surface area contributed by atoms with Crippen LogP contribution >= 0.6 is 12.4 Å². The van der Waals surface area contributed by atoms with Crippen LogP contribution in [0.3, 0.4) is 0 Å². The summed E-state index contributed by atoms with van der Waals surface area (Å²) in [6, 6.07) is 0. The molecule has 0 aliphatic heterocycles. The molecular formula is C7H14ClN. The number of hydrogen-bond donors (Lipinski definition) is 0. The lowest BCUT2D eigenvalue weighted by molar-refractivity contribution is 0.413. The zero-order valence-electron chi connectivity index (χ0n) is 5.84. The van der Waals surface area contributed by atoms with Crippen LogP contribution in [0.15, 0.2) is 25.3 Å². The molecule has 0 aromatic rings. The fraction of sp³-hybridized carbons (Fsp3) is 0.429. The molecular weight excluding hydrogens is 134 g/mol.